The van der Waals surface area contributed by atoms with E-state index >= 15 is 0 Å². The third-order valence-electron chi connectivity index (χ3n) is 2.49. The van der Waals surface area contributed by atoms with Crippen molar-refractivity contribution in [3.8, 4) is 5.75 Å². The molecule has 15 heteroatoms. The fourth-order valence-corrected chi connectivity index (χ4v) is 1.02. The Hall–Kier alpha value is -3.00. The Balaban J connectivity index is 0. The van der Waals surface area contributed by atoms with Gasteiger partial charge in [-0.05, 0) is 45.0 Å². The van der Waals surface area contributed by atoms with Crippen LogP contribution < -0.4 is 4.74 Å². The maximum absolute atomic E-state index is 12.5. The summed E-state index contributed by atoms with van der Waals surface area (Å²) in [4.78, 5) is 39.3. The number of esters is 1. The largest absolute Gasteiger partial charge is 0.458 e. The standard InChI is InChI=1S/C11H13FO2.C4F6O2.C2HF3O/c1-11(2,3)10(13)14-9-6-4-8(12)5-7-9;5-3(6,7)1(11)2(12)4(8,9)10;3-2(4,5)1-6/h4-7H,1-3H3;;1H. The first-order valence-corrected chi connectivity index (χ1v) is 7.76. The molecule has 32 heavy (non-hydrogen) atoms. The van der Waals surface area contributed by atoms with E-state index in [-0.39, 0.29) is 11.8 Å². The molecule has 1 aromatic rings. The van der Waals surface area contributed by atoms with Gasteiger partial charge in [0.25, 0.3) is 0 Å². The van der Waals surface area contributed by atoms with E-state index < -0.39 is 41.8 Å². The van der Waals surface area contributed by atoms with E-state index in [0.717, 1.165) is 0 Å². The molecule has 0 N–H and O–H groups in total. The molecule has 0 unspecified atom stereocenters. The summed E-state index contributed by atoms with van der Waals surface area (Å²) in [5, 5.41) is 0. The first-order chi connectivity index (χ1) is 14.0. The van der Waals surface area contributed by atoms with Gasteiger partial charge in [0.05, 0.1) is 5.41 Å². The van der Waals surface area contributed by atoms with E-state index in [9.17, 15) is 58.3 Å². The second kappa shape index (κ2) is 11.6. The van der Waals surface area contributed by atoms with E-state index in [1.54, 1.807) is 20.8 Å². The zero-order valence-corrected chi connectivity index (χ0v) is 16.2. The lowest BCUT2D eigenvalue weighted by Crippen LogP contribution is -2.39. The number of aldehydes is 1. The average molecular weight is 488 g/mol. The van der Waals surface area contributed by atoms with Crippen molar-refractivity contribution >= 4 is 23.8 Å². The molecule has 0 fully saturated rings. The Morgan fingerprint density at radius 1 is 0.750 bits per heavy atom. The number of ketones is 2. The Morgan fingerprint density at radius 2 is 1.06 bits per heavy atom. The van der Waals surface area contributed by atoms with Gasteiger partial charge < -0.3 is 4.74 Å². The number of hydrogen-bond acceptors (Lipinski definition) is 5. The minimum atomic E-state index is -5.77. The molecule has 0 saturated heterocycles. The van der Waals surface area contributed by atoms with Crippen molar-refractivity contribution in [2.75, 3.05) is 0 Å². The Morgan fingerprint density at radius 3 is 1.28 bits per heavy atom. The van der Waals surface area contributed by atoms with Crippen LogP contribution in [0.5, 0.6) is 5.75 Å². The van der Waals surface area contributed by atoms with Crippen molar-refractivity contribution in [3.05, 3.63) is 30.1 Å². The maximum Gasteiger partial charge on any atom is 0.458 e. The first-order valence-electron chi connectivity index (χ1n) is 7.76. The third-order valence-corrected chi connectivity index (χ3v) is 2.49. The Kier molecular flexibility index (Phi) is 11.3. The van der Waals surface area contributed by atoms with Gasteiger partial charge in [0.2, 0.25) is 6.29 Å². The van der Waals surface area contributed by atoms with Crippen LogP contribution in [0.1, 0.15) is 20.8 Å². The van der Waals surface area contributed by atoms with Crippen molar-refractivity contribution < 1.29 is 67.8 Å². The SMILES string of the molecule is CC(C)(C)C(=O)Oc1ccc(F)cc1.O=C(C(=O)C(F)(F)F)C(F)(F)F.O=CC(F)(F)F. The van der Waals surface area contributed by atoms with Gasteiger partial charge in [0.15, 0.2) is 0 Å². The summed E-state index contributed by atoms with van der Waals surface area (Å²) in [7, 11) is 0. The number of hydrogen-bond donors (Lipinski definition) is 0. The highest BCUT2D eigenvalue weighted by Crippen LogP contribution is 2.24. The van der Waals surface area contributed by atoms with Crippen LogP contribution >= 0.6 is 0 Å². The summed E-state index contributed by atoms with van der Waals surface area (Å²) < 4.78 is 116. The molecule has 0 aliphatic heterocycles. The van der Waals surface area contributed by atoms with Crippen LogP contribution in [-0.4, -0.2) is 42.4 Å². The summed E-state index contributed by atoms with van der Waals surface area (Å²) in [5.74, 6) is -7.12. The van der Waals surface area contributed by atoms with Crippen molar-refractivity contribution in [2.24, 2.45) is 5.41 Å². The number of carbonyl (C=O) groups excluding carboxylic acids is 4. The molecule has 5 nitrogen and oxygen atoms in total. The molecular weight excluding hydrogens is 474 g/mol. The normalized spacial score (nSPS) is 11.8. The molecule has 0 bridgehead atoms. The lowest BCUT2D eigenvalue weighted by atomic mass is 9.97. The fraction of sp³-hybridized carbons (Fsp3) is 0.412. The van der Waals surface area contributed by atoms with Crippen LogP contribution in [0.2, 0.25) is 0 Å². The van der Waals surface area contributed by atoms with Crippen molar-refractivity contribution in [1.82, 2.24) is 0 Å². The van der Waals surface area contributed by atoms with E-state index in [2.05, 4.69) is 0 Å². The van der Waals surface area contributed by atoms with Gasteiger partial charge in [0, 0.05) is 0 Å². The van der Waals surface area contributed by atoms with Crippen molar-refractivity contribution in [2.45, 2.75) is 39.3 Å². The second-order valence-corrected chi connectivity index (χ2v) is 6.41. The molecule has 182 valence electrons. The average Bonchev–Trinajstić information content (AvgIpc) is 2.60. The highest BCUT2D eigenvalue weighted by molar-refractivity contribution is 6.41. The number of carbonyl (C=O) groups is 4. The maximum atomic E-state index is 12.5. The number of ether oxygens (including phenoxy) is 1. The van der Waals surface area contributed by atoms with Gasteiger partial charge in [0.1, 0.15) is 11.6 Å². The van der Waals surface area contributed by atoms with Crippen LogP contribution in [0.25, 0.3) is 0 Å². The van der Waals surface area contributed by atoms with Crippen LogP contribution in [0.15, 0.2) is 24.3 Å². The van der Waals surface area contributed by atoms with Crippen LogP contribution in [0, 0.1) is 11.2 Å². The quantitative estimate of drug-likeness (QED) is 0.197. The molecule has 0 heterocycles. The van der Waals surface area contributed by atoms with Gasteiger partial charge in [-0.15, -0.1) is 0 Å². The van der Waals surface area contributed by atoms with E-state index in [1.165, 1.54) is 24.3 Å². The van der Waals surface area contributed by atoms with Crippen LogP contribution in [0.3, 0.4) is 0 Å². The van der Waals surface area contributed by atoms with Crippen molar-refractivity contribution in [3.63, 3.8) is 0 Å². The summed E-state index contributed by atoms with van der Waals surface area (Å²) in [6, 6.07) is 5.37. The fourth-order valence-electron chi connectivity index (χ4n) is 1.02. The molecule has 0 aromatic heterocycles. The molecule has 0 amide bonds. The first kappa shape index (κ1) is 31.2. The van der Waals surface area contributed by atoms with Gasteiger partial charge in [-0.2, -0.15) is 39.5 Å². The smallest absolute Gasteiger partial charge is 0.426 e. The van der Waals surface area contributed by atoms with Gasteiger partial charge >= 0.3 is 36.1 Å². The van der Waals surface area contributed by atoms with Crippen LogP contribution in [0.4, 0.5) is 43.9 Å². The minimum absolute atomic E-state index is 0.330. The van der Waals surface area contributed by atoms with E-state index in [0.29, 0.717) is 5.75 Å². The third kappa shape index (κ3) is 14.1. The lowest BCUT2D eigenvalue weighted by Gasteiger charge is -2.15. The zero-order valence-electron chi connectivity index (χ0n) is 16.2. The predicted molar refractivity (Wildman–Crippen MR) is 85.7 cm³/mol. The number of alkyl halides is 9. The number of Topliss-reactive ketones (excluding diaryl/α,β-unsaturated/α-hetero) is 2. The van der Waals surface area contributed by atoms with E-state index in [1.807, 2.05) is 0 Å². The lowest BCUT2D eigenvalue weighted by molar-refractivity contribution is -0.193. The summed E-state index contributed by atoms with van der Waals surface area (Å²) in [5.41, 5.74) is -0.547. The molecule has 1 aromatic carbocycles. The van der Waals surface area contributed by atoms with Crippen molar-refractivity contribution in [1.29, 1.82) is 0 Å². The molecule has 0 saturated carbocycles. The number of benzene rings is 1. The highest BCUT2D eigenvalue weighted by Gasteiger charge is 2.54. The molecular formula is C17H14F10O5. The van der Waals surface area contributed by atoms with Gasteiger partial charge in [-0.3, -0.25) is 19.2 Å². The molecule has 0 spiro atoms. The minimum Gasteiger partial charge on any atom is -0.426 e. The number of rotatable bonds is 2. The molecule has 0 aliphatic carbocycles. The Labute approximate surface area is 173 Å². The summed E-state index contributed by atoms with van der Waals surface area (Å²) >= 11 is 0. The molecule has 0 atom stereocenters. The second-order valence-electron chi connectivity index (χ2n) is 6.41. The monoisotopic (exact) mass is 488 g/mol. The van der Waals surface area contributed by atoms with E-state index in [4.69, 9.17) is 9.53 Å². The molecule has 1 rings (SSSR count). The predicted octanol–water partition coefficient (Wildman–Crippen LogP) is 4.77. The Bertz CT molecular complexity index is 760. The zero-order chi connectivity index (χ0) is 26.1. The molecule has 0 aliphatic rings. The van der Waals surface area contributed by atoms with Gasteiger partial charge in [-0.1, -0.05) is 0 Å². The van der Waals surface area contributed by atoms with Crippen LogP contribution in [-0.2, 0) is 19.2 Å². The topological polar surface area (TPSA) is 77.5 Å². The van der Waals surface area contributed by atoms with Gasteiger partial charge in [-0.25, -0.2) is 4.39 Å². The molecule has 0 radical (unpaired) electrons. The number of halogens is 10. The summed E-state index contributed by atoms with van der Waals surface area (Å²) in [6.07, 6.45) is -17.2. The summed E-state index contributed by atoms with van der Waals surface area (Å²) in [6.45, 7) is 5.29. The highest BCUT2D eigenvalue weighted by atomic mass is 19.4.